The van der Waals surface area contributed by atoms with Crippen LogP contribution in [-0.2, 0) is 19.1 Å². The smallest absolute Gasteiger partial charge is 0.344 e. The summed E-state index contributed by atoms with van der Waals surface area (Å²) >= 11 is 0. The second kappa shape index (κ2) is 8.52. The van der Waals surface area contributed by atoms with E-state index >= 15 is 0 Å². The van der Waals surface area contributed by atoms with Crippen LogP contribution in [0, 0.1) is 0 Å². The number of likely N-dealkylation sites (N-methyl/N-ethyl adjacent to an activating group) is 1. The van der Waals surface area contributed by atoms with Crippen molar-refractivity contribution in [2.45, 2.75) is 0 Å². The number of rotatable bonds is 7. The maximum atomic E-state index is 11.6. The third-order valence-corrected chi connectivity index (χ3v) is 3.17. The van der Waals surface area contributed by atoms with Crippen LogP contribution in [0.3, 0.4) is 0 Å². The average molecular weight is 330 g/mol. The summed E-state index contributed by atoms with van der Waals surface area (Å²) in [5, 5.41) is 6.74. The molecule has 0 atom stereocenters. The molecule has 2 amide bonds. The quantitative estimate of drug-likeness (QED) is 0.726. The first-order chi connectivity index (χ1) is 11.6. The van der Waals surface area contributed by atoms with Gasteiger partial charge in [-0.15, -0.1) is 0 Å². The Hall–Kier alpha value is -3.09. The third-order valence-electron chi connectivity index (χ3n) is 3.17. The molecular formula is C17H18N2O5. The van der Waals surface area contributed by atoms with Gasteiger partial charge in [0.15, 0.2) is 13.2 Å². The first-order valence-electron chi connectivity index (χ1n) is 7.33. The molecule has 2 aromatic carbocycles. The summed E-state index contributed by atoms with van der Waals surface area (Å²) in [6.45, 7) is -0.932. The number of hydrogen-bond acceptors (Lipinski definition) is 5. The third kappa shape index (κ3) is 5.28. The molecule has 0 aliphatic carbocycles. The summed E-state index contributed by atoms with van der Waals surface area (Å²) in [7, 11) is 1.46. The van der Waals surface area contributed by atoms with Crippen molar-refractivity contribution in [2.24, 2.45) is 0 Å². The Bertz CT molecular complexity index is 745. The molecule has 2 rings (SSSR count). The highest BCUT2D eigenvalue weighted by Gasteiger charge is 2.09. The molecule has 0 saturated carbocycles. The van der Waals surface area contributed by atoms with Crippen molar-refractivity contribution in [3.05, 3.63) is 42.5 Å². The number of esters is 1. The monoisotopic (exact) mass is 330 g/mol. The van der Waals surface area contributed by atoms with Gasteiger partial charge in [0.05, 0.1) is 6.54 Å². The lowest BCUT2D eigenvalue weighted by molar-refractivity contribution is -0.150. The van der Waals surface area contributed by atoms with Gasteiger partial charge in [-0.3, -0.25) is 9.59 Å². The van der Waals surface area contributed by atoms with E-state index in [1.54, 1.807) is 6.07 Å². The topological polar surface area (TPSA) is 93.7 Å². The number of hydrogen-bond donors (Lipinski definition) is 2. The largest absolute Gasteiger partial charge is 0.482 e. The zero-order chi connectivity index (χ0) is 17.4. The highest BCUT2D eigenvalue weighted by molar-refractivity contribution is 5.86. The van der Waals surface area contributed by atoms with Crippen molar-refractivity contribution < 1.29 is 23.9 Å². The molecular weight excluding hydrogens is 312 g/mol. The number of ether oxygens (including phenoxy) is 2. The zero-order valence-corrected chi connectivity index (χ0v) is 13.2. The normalized spacial score (nSPS) is 10.0. The molecule has 2 N–H and O–H groups in total. The van der Waals surface area contributed by atoms with Crippen LogP contribution >= 0.6 is 0 Å². The van der Waals surface area contributed by atoms with Gasteiger partial charge in [-0.1, -0.05) is 30.3 Å². The summed E-state index contributed by atoms with van der Waals surface area (Å²) in [6.07, 6.45) is 0. The number of benzene rings is 2. The average Bonchev–Trinajstić information content (AvgIpc) is 2.62. The Kier molecular flexibility index (Phi) is 6.13. The molecule has 0 aliphatic rings. The fourth-order valence-electron chi connectivity index (χ4n) is 1.91. The summed E-state index contributed by atoms with van der Waals surface area (Å²) in [5.74, 6) is -1.03. The standard InChI is InChI=1S/C17H18N2O5/c1-18-15(20)9-19-16(21)10-24-17(22)11-23-14-7-6-12-4-2-3-5-13(12)8-14/h2-8H,9-11H2,1H3,(H,18,20)(H,19,21). The second-order valence-corrected chi connectivity index (χ2v) is 4.91. The van der Waals surface area contributed by atoms with E-state index in [0.717, 1.165) is 10.8 Å². The fraction of sp³-hybridized carbons (Fsp3) is 0.235. The lowest BCUT2D eigenvalue weighted by Gasteiger charge is -2.08. The molecule has 7 heteroatoms. The molecule has 0 aliphatic heterocycles. The van der Waals surface area contributed by atoms with Gasteiger partial charge >= 0.3 is 5.97 Å². The molecule has 2 aromatic rings. The van der Waals surface area contributed by atoms with Crippen LogP contribution in [-0.4, -0.2) is 44.6 Å². The second-order valence-electron chi connectivity index (χ2n) is 4.91. The molecule has 0 fully saturated rings. The van der Waals surface area contributed by atoms with Crippen LogP contribution in [0.1, 0.15) is 0 Å². The Morgan fingerprint density at radius 1 is 0.958 bits per heavy atom. The predicted molar refractivity (Wildman–Crippen MR) is 87.5 cm³/mol. The SMILES string of the molecule is CNC(=O)CNC(=O)COC(=O)COc1ccc2ccccc2c1. The molecule has 0 unspecified atom stereocenters. The summed E-state index contributed by atoms with van der Waals surface area (Å²) in [6, 6.07) is 13.2. The van der Waals surface area contributed by atoms with E-state index in [1.165, 1.54) is 7.05 Å². The van der Waals surface area contributed by atoms with Gasteiger partial charge in [0.25, 0.3) is 5.91 Å². The Morgan fingerprint density at radius 3 is 2.46 bits per heavy atom. The van der Waals surface area contributed by atoms with Gasteiger partial charge < -0.3 is 20.1 Å². The van der Waals surface area contributed by atoms with Crippen molar-refractivity contribution in [3.8, 4) is 5.75 Å². The van der Waals surface area contributed by atoms with E-state index in [4.69, 9.17) is 9.47 Å². The Morgan fingerprint density at radius 2 is 1.71 bits per heavy atom. The number of fused-ring (bicyclic) bond motifs is 1. The van der Waals surface area contributed by atoms with Gasteiger partial charge in [-0.05, 0) is 22.9 Å². The van der Waals surface area contributed by atoms with E-state index < -0.39 is 18.5 Å². The molecule has 0 spiro atoms. The molecule has 24 heavy (non-hydrogen) atoms. The van der Waals surface area contributed by atoms with E-state index in [2.05, 4.69) is 10.6 Å². The van der Waals surface area contributed by atoms with Crippen LogP contribution in [0.5, 0.6) is 5.75 Å². The zero-order valence-electron chi connectivity index (χ0n) is 13.2. The summed E-state index contributed by atoms with van der Waals surface area (Å²) < 4.78 is 10.1. The molecule has 7 nitrogen and oxygen atoms in total. The lowest BCUT2D eigenvalue weighted by Crippen LogP contribution is -2.37. The van der Waals surface area contributed by atoms with Crippen LogP contribution < -0.4 is 15.4 Å². The molecule has 0 saturated heterocycles. The van der Waals surface area contributed by atoms with E-state index in [-0.39, 0.29) is 19.1 Å². The highest BCUT2D eigenvalue weighted by Crippen LogP contribution is 2.20. The molecule has 0 heterocycles. The minimum absolute atomic E-state index is 0.166. The van der Waals surface area contributed by atoms with E-state index in [1.807, 2.05) is 36.4 Å². The minimum Gasteiger partial charge on any atom is -0.482 e. The van der Waals surface area contributed by atoms with E-state index in [0.29, 0.717) is 5.75 Å². The fourth-order valence-corrected chi connectivity index (χ4v) is 1.91. The van der Waals surface area contributed by atoms with Gasteiger partial charge in [0.1, 0.15) is 5.75 Å². The lowest BCUT2D eigenvalue weighted by atomic mass is 10.1. The van der Waals surface area contributed by atoms with Crippen molar-refractivity contribution in [2.75, 3.05) is 26.8 Å². The van der Waals surface area contributed by atoms with Crippen molar-refractivity contribution in [1.29, 1.82) is 0 Å². The first kappa shape index (κ1) is 17.3. The molecule has 0 radical (unpaired) electrons. The maximum Gasteiger partial charge on any atom is 0.344 e. The van der Waals surface area contributed by atoms with E-state index in [9.17, 15) is 14.4 Å². The number of carbonyl (C=O) groups is 3. The van der Waals surface area contributed by atoms with Crippen molar-refractivity contribution in [3.63, 3.8) is 0 Å². The van der Waals surface area contributed by atoms with Crippen LogP contribution in [0.4, 0.5) is 0 Å². The van der Waals surface area contributed by atoms with Crippen LogP contribution in [0.2, 0.25) is 0 Å². The number of carbonyl (C=O) groups excluding carboxylic acids is 3. The Balaban J connectivity index is 1.74. The highest BCUT2D eigenvalue weighted by atomic mass is 16.6. The predicted octanol–water partition coefficient (Wildman–Crippen LogP) is 0.624. The summed E-state index contributed by atoms with van der Waals surface area (Å²) in [5.41, 5.74) is 0. The first-order valence-corrected chi connectivity index (χ1v) is 7.33. The van der Waals surface area contributed by atoms with Crippen LogP contribution in [0.25, 0.3) is 10.8 Å². The Labute approximate surface area is 138 Å². The van der Waals surface area contributed by atoms with Gasteiger partial charge in [0, 0.05) is 7.05 Å². The van der Waals surface area contributed by atoms with Gasteiger partial charge in [-0.2, -0.15) is 0 Å². The number of amides is 2. The van der Waals surface area contributed by atoms with Crippen LogP contribution in [0.15, 0.2) is 42.5 Å². The molecule has 0 aromatic heterocycles. The maximum absolute atomic E-state index is 11.6. The molecule has 126 valence electrons. The molecule has 0 bridgehead atoms. The van der Waals surface area contributed by atoms with Crippen molar-refractivity contribution >= 4 is 28.6 Å². The van der Waals surface area contributed by atoms with Gasteiger partial charge in [-0.25, -0.2) is 4.79 Å². The summed E-state index contributed by atoms with van der Waals surface area (Å²) in [4.78, 5) is 33.9. The van der Waals surface area contributed by atoms with Gasteiger partial charge in [0.2, 0.25) is 5.91 Å². The van der Waals surface area contributed by atoms with Crippen molar-refractivity contribution in [1.82, 2.24) is 10.6 Å². The minimum atomic E-state index is -0.668. The number of nitrogens with one attached hydrogen (secondary N) is 2.